The molecule has 63 heavy (non-hydrogen) atoms. The first-order valence-electron chi connectivity index (χ1n) is 20.8. The second-order valence-corrected chi connectivity index (χ2v) is 17.1. The molecular formula is C48H47BrN12O2. The van der Waals surface area contributed by atoms with E-state index in [2.05, 4.69) is 111 Å². The molecule has 15 heteroatoms. The maximum Gasteiger partial charge on any atom is 0.227 e. The van der Waals surface area contributed by atoms with Gasteiger partial charge in [0.15, 0.2) is 0 Å². The van der Waals surface area contributed by atoms with Crippen molar-refractivity contribution in [2.75, 3.05) is 50.9 Å². The molecule has 0 saturated carbocycles. The number of aromatic nitrogens is 8. The topological polar surface area (TPSA) is 136 Å². The van der Waals surface area contributed by atoms with E-state index >= 15 is 0 Å². The number of hydrogen-bond donors (Lipinski definition) is 2. The number of benzene rings is 4. The van der Waals surface area contributed by atoms with Gasteiger partial charge in [0.25, 0.3) is 0 Å². The summed E-state index contributed by atoms with van der Waals surface area (Å²) in [5, 5.41) is 17.2. The summed E-state index contributed by atoms with van der Waals surface area (Å²) in [5.41, 5.74) is 8.35. The van der Waals surface area contributed by atoms with Crippen LogP contribution in [0, 0.1) is 12.3 Å². The summed E-state index contributed by atoms with van der Waals surface area (Å²) < 4.78 is 17.2. The Morgan fingerprint density at radius 3 is 1.59 bits per heavy atom. The number of aryl methyl sites for hydroxylation is 2. The number of anilines is 4. The van der Waals surface area contributed by atoms with Gasteiger partial charge in [0.05, 0.1) is 23.4 Å². The first kappa shape index (κ1) is 41.5. The quantitative estimate of drug-likeness (QED) is 0.128. The van der Waals surface area contributed by atoms with Gasteiger partial charge in [-0.1, -0.05) is 21.9 Å². The highest BCUT2D eigenvalue weighted by Crippen LogP contribution is 2.33. The van der Waals surface area contributed by atoms with E-state index in [4.69, 9.17) is 15.9 Å². The molecule has 2 aliphatic rings. The molecule has 2 N–H and O–H groups in total. The van der Waals surface area contributed by atoms with Gasteiger partial charge in [0.1, 0.15) is 23.7 Å². The van der Waals surface area contributed by atoms with Crippen molar-refractivity contribution in [3.63, 3.8) is 0 Å². The standard InChI is InChI=1S/C25H24N6O.C23H23BrN6O/c1-4-17-5-6-24-19(9-17)13-26-25(29-24)28-21-10-18(20-14-27-31(3)15-20)11-23(12-21)32-22-7-8-30(2)16-22;1-29-6-5-20(14-29)31-21-9-15(17-12-26-30(2)13-17)8-19(10-21)27-23-25-11-16-7-18(24)3-4-22(16)28-23/h1,5-6,9-15,22H,7-8,16H2,2-3H3,(H,26,28,29);3-4,7-13,20H,5-6,14H2,1-2H3,(H,25,27,28). The number of nitrogens with one attached hydrogen (secondary N) is 2. The van der Waals surface area contributed by atoms with Gasteiger partial charge in [-0.15, -0.1) is 6.42 Å². The molecule has 2 fully saturated rings. The largest absolute Gasteiger partial charge is 0.489 e. The summed E-state index contributed by atoms with van der Waals surface area (Å²) in [6.45, 7) is 3.96. The second kappa shape index (κ2) is 18.2. The van der Waals surface area contributed by atoms with Crippen molar-refractivity contribution in [3.8, 4) is 46.1 Å². The molecule has 4 aromatic carbocycles. The highest BCUT2D eigenvalue weighted by molar-refractivity contribution is 9.10. The first-order valence-corrected chi connectivity index (χ1v) is 21.6. The molecule has 2 saturated heterocycles. The summed E-state index contributed by atoms with van der Waals surface area (Å²) in [6, 6.07) is 23.9. The minimum Gasteiger partial charge on any atom is -0.489 e. The highest BCUT2D eigenvalue weighted by Gasteiger charge is 2.23. The minimum absolute atomic E-state index is 0.180. The molecule has 0 bridgehead atoms. The van der Waals surface area contributed by atoms with Crippen LogP contribution in [0.15, 0.2) is 114 Å². The van der Waals surface area contributed by atoms with Crippen molar-refractivity contribution in [3.05, 3.63) is 120 Å². The minimum atomic E-state index is 0.180. The monoisotopic (exact) mass is 902 g/mol. The van der Waals surface area contributed by atoms with Crippen LogP contribution in [0.3, 0.4) is 0 Å². The summed E-state index contributed by atoms with van der Waals surface area (Å²) in [6.07, 6.45) is 19.2. The van der Waals surface area contributed by atoms with Crippen LogP contribution in [0.2, 0.25) is 0 Å². The SMILES string of the molecule is C#Cc1ccc2nc(Nc3cc(OC4CCN(C)C4)cc(-c4cnn(C)c4)c3)ncc2c1.CN1CCC(Oc2cc(Nc3ncc4cc(Br)ccc4n3)cc(-c3cnn(C)c3)c2)C1. The Morgan fingerprint density at radius 2 is 1.13 bits per heavy atom. The van der Waals surface area contributed by atoms with Gasteiger partial charge in [-0.2, -0.15) is 10.2 Å². The number of ether oxygens (including phenoxy) is 2. The number of rotatable bonds is 10. The number of likely N-dealkylation sites (N-methyl/N-ethyl adjacent to an activating group) is 2. The smallest absolute Gasteiger partial charge is 0.227 e. The molecule has 0 spiro atoms. The Labute approximate surface area is 374 Å². The molecule has 4 aromatic heterocycles. The number of fused-ring (bicyclic) bond motifs is 2. The average molecular weight is 904 g/mol. The van der Waals surface area contributed by atoms with Crippen molar-refractivity contribution in [2.45, 2.75) is 25.0 Å². The first-order chi connectivity index (χ1) is 30.6. The number of hydrogen-bond acceptors (Lipinski definition) is 12. The van der Waals surface area contributed by atoms with Crippen LogP contribution >= 0.6 is 15.9 Å². The fraction of sp³-hybridized carbons (Fsp3) is 0.250. The molecule has 8 aromatic rings. The lowest BCUT2D eigenvalue weighted by atomic mass is 10.1. The average Bonchev–Trinajstić information content (AvgIpc) is 4.10. The molecule has 10 rings (SSSR count). The van der Waals surface area contributed by atoms with E-state index < -0.39 is 0 Å². The molecule has 2 unspecified atom stereocenters. The zero-order valence-electron chi connectivity index (χ0n) is 35.5. The van der Waals surface area contributed by atoms with Crippen LogP contribution < -0.4 is 20.1 Å². The predicted octanol–water partition coefficient (Wildman–Crippen LogP) is 8.46. The lowest BCUT2D eigenvalue weighted by molar-refractivity contribution is 0.208. The van der Waals surface area contributed by atoms with E-state index in [-0.39, 0.29) is 12.2 Å². The van der Waals surface area contributed by atoms with Gasteiger partial charge in [0.2, 0.25) is 11.9 Å². The van der Waals surface area contributed by atoms with Crippen molar-refractivity contribution >= 4 is 61.0 Å². The predicted molar refractivity (Wildman–Crippen MR) is 252 cm³/mol. The van der Waals surface area contributed by atoms with Crippen LogP contribution in [0.4, 0.5) is 23.3 Å². The van der Waals surface area contributed by atoms with E-state index in [1.807, 2.05) is 93.6 Å². The molecule has 14 nitrogen and oxygen atoms in total. The molecule has 2 aliphatic heterocycles. The van der Waals surface area contributed by atoms with E-state index in [9.17, 15) is 0 Å². The summed E-state index contributed by atoms with van der Waals surface area (Å²) in [4.78, 5) is 22.8. The Kier molecular flexibility index (Phi) is 12.0. The Morgan fingerprint density at radius 1 is 0.619 bits per heavy atom. The molecule has 6 heterocycles. The molecular weight excluding hydrogens is 857 g/mol. The zero-order chi connectivity index (χ0) is 43.5. The maximum absolute atomic E-state index is 6.32. The van der Waals surface area contributed by atoms with Gasteiger partial charge >= 0.3 is 0 Å². The second-order valence-electron chi connectivity index (χ2n) is 16.1. The van der Waals surface area contributed by atoms with E-state index in [0.29, 0.717) is 11.9 Å². The van der Waals surface area contributed by atoms with Gasteiger partial charge < -0.3 is 29.9 Å². The summed E-state index contributed by atoms with van der Waals surface area (Å²) in [7, 11) is 8.06. The third-order valence-electron chi connectivity index (χ3n) is 11.0. The van der Waals surface area contributed by atoms with Crippen LogP contribution in [0.1, 0.15) is 18.4 Å². The van der Waals surface area contributed by atoms with Gasteiger partial charge in [-0.05, 0) is 98.7 Å². The molecule has 318 valence electrons. The number of terminal acetylenes is 1. The van der Waals surface area contributed by atoms with Gasteiger partial charge in [-0.25, -0.2) is 19.9 Å². The Balaban J connectivity index is 0.000000160. The van der Waals surface area contributed by atoms with E-state index in [1.165, 1.54) is 0 Å². The van der Waals surface area contributed by atoms with Crippen LogP contribution in [-0.2, 0) is 14.1 Å². The normalized spacial score (nSPS) is 16.4. The molecule has 0 radical (unpaired) electrons. The van der Waals surface area contributed by atoms with E-state index in [0.717, 1.165) is 116 Å². The Bertz CT molecular complexity index is 2960. The van der Waals surface area contributed by atoms with Crippen LogP contribution in [0.25, 0.3) is 44.1 Å². The summed E-state index contributed by atoms with van der Waals surface area (Å²) in [5.74, 6) is 5.34. The fourth-order valence-corrected chi connectivity index (χ4v) is 8.20. The number of halogens is 1. The van der Waals surface area contributed by atoms with Crippen LogP contribution in [-0.4, -0.2) is 102 Å². The van der Waals surface area contributed by atoms with Crippen molar-refractivity contribution in [1.29, 1.82) is 0 Å². The highest BCUT2D eigenvalue weighted by atomic mass is 79.9. The third kappa shape index (κ3) is 10.3. The third-order valence-corrected chi connectivity index (χ3v) is 11.5. The number of nitrogens with zero attached hydrogens (tertiary/aromatic N) is 10. The van der Waals surface area contributed by atoms with Gasteiger partial charge in [-0.3, -0.25) is 9.36 Å². The molecule has 2 atom stereocenters. The Hall–Kier alpha value is -6.86. The van der Waals surface area contributed by atoms with Crippen molar-refractivity contribution in [1.82, 2.24) is 49.3 Å². The fourth-order valence-electron chi connectivity index (χ4n) is 7.82. The zero-order valence-corrected chi connectivity index (χ0v) is 37.1. The van der Waals surface area contributed by atoms with E-state index in [1.54, 1.807) is 15.6 Å². The molecule has 0 amide bonds. The number of likely N-dealkylation sites (tertiary alicyclic amines) is 2. The lowest BCUT2D eigenvalue weighted by Crippen LogP contribution is -2.21. The molecule has 0 aliphatic carbocycles. The summed E-state index contributed by atoms with van der Waals surface area (Å²) >= 11 is 3.49. The van der Waals surface area contributed by atoms with Crippen LogP contribution in [0.5, 0.6) is 11.5 Å². The lowest BCUT2D eigenvalue weighted by Gasteiger charge is -2.16. The van der Waals surface area contributed by atoms with Gasteiger partial charge in [0, 0.05) is 121 Å². The van der Waals surface area contributed by atoms with Crippen molar-refractivity contribution < 1.29 is 9.47 Å². The van der Waals surface area contributed by atoms with Crippen molar-refractivity contribution in [2.24, 2.45) is 14.1 Å². The maximum atomic E-state index is 6.32.